The maximum Gasteiger partial charge on any atom is 0.350 e. The number of ether oxygens (including phenoxy) is 1. The minimum absolute atomic E-state index is 0.136. The number of carbonyl (C=O) groups excluding carboxylic acids is 1. The lowest BCUT2D eigenvalue weighted by molar-refractivity contribution is 0.0607. The molecule has 0 spiro atoms. The summed E-state index contributed by atoms with van der Waals surface area (Å²) in [5.41, 5.74) is 2.11. The molecule has 2 heterocycles. The lowest BCUT2D eigenvalue weighted by Gasteiger charge is -2.08. The van der Waals surface area contributed by atoms with E-state index >= 15 is 0 Å². The molecule has 0 saturated carbocycles. The van der Waals surface area contributed by atoms with Crippen molar-refractivity contribution in [3.63, 3.8) is 0 Å². The molecular weight excluding hydrogens is 378 g/mol. The Balaban J connectivity index is 2.01. The Morgan fingerprint density at radius 3 is 2.48 bits per heavy atom. The first-order chi connectivity index (χ1) is 11.9. The van der Waals surface area contributed by atoms with Crippen molar-refractivity contribution in [1.29, 1.82) is 0 Å². The van der Waals surface area contributed by atoms with Gasteiger partial charge in [0.2, 0.25) is 0 Å². The average molecular weight is 394 g/mol. The number of benzene rings is 1. The number of anilines is 1. The second-order valence-electron chi connectivity index (χ2n) is 5.28. The van der Waals surface area contributed by atoms with E-state index < -0.39 is 16.0 Å². The minimum atomic E-state index is -3.80. The molecule has 130 valence electrons. The topological polar surface area (TPSA) is 72.5 Å². The zero-order valence-corrected chi connectivity index (χ0v) is 15.9. The zero-order valence-electron chi connectivity index (χ0n) is 13.5. The molecule has 0 aliphatic carbocycles. The third-order valence-corrected chi connectivity index (χ3v) is 6.71. The van der Waals surface area contributed by atoms with Crippen LogP contribution in [0, 0.1) is 6.92 Å². The minimum Gasteiger partial charge on any atom is -0.465 e. The summed E-state index contributed by atoms with van der Waals surface area (Å²) in [5, 5.41) is 3.86. The van der Waals surface area contributed by atoms with Gasteiger partial charge in [-0.2, -0.15) is 11.3 Å². The van der Waals surface area contributed by atoms with Crippen LogP contribution in [0.4, 0.5) is 5.69 Å². The number of sulfonamides is 1. The third kappa shape index (κ3) is 3.76. The van der Waals surface area contributed by atoms with Crippen LogP contribution in [0.3, 0.4) is 0 Å². The molecule has 8 heteroatoms. The van der Waals surface area contributed by atoms with Crippen molar-refractivity contribution in [3.8, 4) is 10.4 Å². The molecule has 1 aromatic carbocycles. The van der Waals surface area contributed by atoms with Gasteiger partial charge >= 0.3 is 5.97 Å². The number of hydrogen-bond donors (Lipinski definition) is 1. The third-order valence-electron chi connectivity index (χ3n) is 3.48. The van der Waals surface area contributed by atoms with Crippen LogP contribution in [-0.2, 0) is 14.8 Å². The average Bonchev–Trinajstić information content (AvgIpc) is 3.23. The molecular formula is C17H15NO4S3. The van der Waals surface area contributed by atoms with E-state index in [0.29, 0.717) is 0 Å². The number of aryl methyl sites for hydroxylation is 1. The highest BCUT2D eigenvalue weighted by Gasteiger charge is 2.23. The molecule has 0 unspecified atom stereocenters. The van der Waals surface area contributed by atoms with Crippen LogP contribution in [0.2, 0.25) is 0 Å². The van der Waals surface area contributed by atoms with Crippen molar-refractivity contribution >= 4 is 44.4 Å². The number of thiophene rings is 2. The summed E-state index contributed by atoms with van der Waals surface area (Å²) in [7, 11) is -2.53. The first kappa shape index (κ1) is 17.7. The SMILES string of the molecule is COC(=O)c1sc(-c2ccsc2)cc1NS(=O)(=O)c1ccc(C)cc1. The summed E-state index contributed by atoms with van der Waals surface area (Å²) in [6.07, 6.45) is 0. The number of esters is 1. The predicted molar refractivity (Wildman–Crippen MR) is 101 cm³/mol. The molecule has 3 rings (SSSR count). The molecule has 25 heavy (non-hydrogen) atoms. The van der Waals surface area contributed by atoms with Crippen molar-refractivity contribution in [3.05, 3.63) is 57.6 Å². The Bertz CT molecular complexity index is 987. The van der Waals surface area contributed by atoms with E-state index in [-0.39, 0.29) is 15.5 Å². The second-order valence-corrected chi connectivity index (χ2v) is 8.79. The van der Waals surface area contributed by atoms with Crippen molar-refractivity contribution in [2.24, 2.45) is 0 Å². The Morgan fingerprint density at radius 1 is 1.16 bits per heavy atom. The molecule has 0 aliphatic rings. The van der Waals surface area contributed by atoms with Crippen LogP contribution >= 0.6 is 22.7 Å². The lowest BCUT2D eigenvalue weighted by atomic mass is 10.2. The van der Waals surface area contributed by atoms with Gasteiger partial charge in [-0.15, -0.1) is 11.3 Å². The van der Waals surface area contributed by atoms with Crippen LogP contribution in [0.25, 0.3) is 10.4 Å². The highest BCUT2D eigenvalue weighted by molar-refractivity contribution is 7.92. The van der Waals surface area contributed by atoms with Gasteiger partial charge in [0.1, 0.15) is 4.88 Å². The highest BCUT2D eigenvalue weighted by Crippen LogP contribution is 2.37. The second kappa shape index (κ2) is 6.99. The van der Waals surface area contributed by atoms with Crippen molar-refractivity contribution in [2.75, 3.05) is 11.8 Å². The molecule has 0 amide bonds. The molecule has 0 atom stereocenters. The molecule has 2 aromatic heterocycles. The first-order valence-electron chi connectivity index (χ1n) is 7.25. The van der Waals surface area contributed by atoms with Gasteiger partial charge in [-0.1, -0.05) is 17.7 Å². The van der Waals surface area contributed by atoms with Gasteiger partial charge in [0.25, 0.3) is 10.0 Å². The molecule has 1 N–H and O–H groups in total. The van der Waals surface area contributed by atoms with Gasteiger partial charge in [0.05, 0.1) is 17.7 Å². The van der Waals surface area contributed by atoms with Crippen molar-refractivity contribution in [1.82, 2.24) is 0 Å². The van der Waals surface area contributed by atoms with Crippen LogP contribution in [-0.4, -0.2) is 21.5 Å². The van der Waals surface area contributed by atoms with E-state index in [4.69, 9.17) is 4.74 Å². The van der Waals surface area contributed by atoms with Gasteiger partial charge in [0, 0.05) is 10.4 Å². The van der Waals surface area contributed by atoms with Gasteiger partial charge in [-0.25, -0.2) is 13.2 Å². The summed E-state index contributed by atoms with van der Waals surface area (Å²) in [6, 6.07) is 10.1. The largest absolute Gasteiger partial charge is 0.465 e. The van der Waals surface area contributed by atoms with Crippen molar-refractivity contribution < 1.29 is 17.9 Å². The molecule has 0 radical (unpaired) electrons. The fourth-order valence-electron chi connectivity index (χ4n) is 2.18. The maximum atomic E-state index is 12.6. The number of carbonyl (C=O) groups is 1. The van der Waals surface area contributed by atoms with E-state index in [2.05, 4.69) is 4.72 Å². The quantitative estimate of drug-likeness (QED) is 0.653. The van der Waals surface area contributed by atoms with Crippen LogP contribution in [0.5, 0.6) is 0 Å². The van der Waals surface area contributed by atoms with Crippen LogP contribution < -0.4 is 4.72 Å². The van der Waals surface area contributed by atoms with Gasteiger partial charge in [-0.3, -0.25) is 4.72 Å². The number of rotatable bonds is 5. The van der Waals surface area contributed by atoms with Crippen molar-refractivity contribution in [2.45, 2.75) is 11.8 Å². The van der Waals surface area contributed by atoms with Crippen LogP contribution in [0.15, 0.2) is 52.1 Å². The Morgan fingerprint density at radius 2 is 1.88 bits per heavy atom. The summed E-state index contributed by atoms with van der Waals surface area (Å²) >= 11 is 2.72. The summed E-state index contributed by atoms with van der Waals surface area (Å²) in [5.74, 6) is -0.576. The molecule has 0 aliphatic heterocycles. The molecule has 0 fully saturated rings. The number of nitrogens with one attached hydrogen (secondary N) is 1. The summed E-state index contributed by atoms with van der Waals surface area (Å²) in [4.78, 5) is 13.2. The van der Waals surface area contributed by atoms with E-state index in [1.807, 2.05) is 23.8 Å². The smallest absolute Gasteiger partial charge is 0.350 e. The fourth-order valence-corrected chi connectivity index (χ4v) is 5.07. The predicted octanol–water partition coefficient (Wildman–Crippen LogP) is 4.37. The standard InChI is InChI=1S/C17H15NO4S3/c1-11-3-5-13(6-4-11)25(20,21)18-14-9-15(12-7-8-23-10-12)24-16(14)17(19)22-2/h3-10,18H,1-2H3. The monoisotopic (exact) mass is 393 g/mol. The zero-order chi connectivity index (χ0) is 18.0. The summed E-state index contributed by atoms with van der Waals surface area (Å²) < 4.78 is 32.5. The lowest BCUT2D eigenvalue weighted by Crippen LogP contribution is -2.14. The van der Waals surface area contributed by atoms with Gasteiger partial charge in [-0.05, 0) is 41.9 Å². The molecule has 0 bridgehead atoms. The van der Waals surface area contributed by atoms with E-state index in [0.717, 1.165) is 16.0 Å². The Hall–Kier alpha value is -2.16. The van der Waals surface area contributed by atoms with Gasteiger partial charge in [0.15, 0.2) is 0 Å². The maximum absolute atomic E-state index is 12.6. The normalized spacial score (nSPS) is 11.3. The first-order valence-corrected chi connectivity index (χ1v) is 10.5. The van der Waals surface area contributed by atoms with E-state index in [1.165, 1.54) is 41.9 Å². The van der Waals surface area contributed by atoms with E-state index in [9.17, 15) is 13.2 Å². The molecule has 5 nitrogen and oxygen atoms in total. The molecule has 0 saturated heterocycles. The van der Waals surface area contributed by atoms with Gasteiger partial charge < -0.3 is 4.74 Å². The molecule has 3 aromatic rings. The Kier molecular flexibility index (Phi) is 4.94. The van der Waals surface area contributed by atoms with Crippen LogP contribution in [0.1, 0.15) is 15.2 Å². The fraction of sp³-hybridized carbons (Fsp3) is 0.118. The number of methoxy groups -OCH3 is 1. The number of hydrogen-bond acceptors (Lipinski definition) is 6. The van der Waals surface area contributed by atoms with E-state index in [1.54, 1.807) is 18.2 Å². The summed E-state index contributed by atoms with van der Waals surface area (Å²) in [6.45, 7) is 1.88. The highest BCUT2D eigenvalue weighted by atomic mass is 32.2. The Labute approximate surface area is 154 Å².